The van der Waals surface area contributed by atoms with E-state index in [0.717, 1.165) is 11.8 Å². The van der Waals surface area contributed by atoms with E-state index in [9.17, 15) is 18.9 Å². The first-order valence-corrected chi connectivity index (χ1v) is 13.6. The maximum Gasteiger partial charge on any atom is 0.405 e. The van der Waals surface area contributed by atoms with Crippen molar-refractivity contribution in [1.29, 1.82) is 0 Å². The van der Waals surface area contributed by atoms with Crippen molar-refractivity contribution in [3.05, 3.63) is 43.0 Å². The number of hydrogen-bond donors (Lipinski definition) is 2. The minimum atomic E-state index is -3.80. The Balaban J connectivity index is 2.08. The first-order chi connectivity index (χ1) is 16.3. The summed E-state index contributed by atoms with van der Waals surface area (Å²) in [7, 11) is -3.80. The smallest absolute Gasteiger partial charge is 0.352 e. The fourth-order valence-corrected chi connectivity index (χ4v) is 5.57. The van der Waals surface area contributed by atoms with Crippen LogP contribution in [0, 0.1) is 12.3 Å². The Bertz CT molecular complexity index is 1110. The minimum absolute atomic E-state index is 0.00343. The number of rotatable bonds is 11. The van der Waals surface area contributed by atoms with Crippen molar-refractivity contribution in [1.82, 2.24) is 14.6 Å². The van der Waals surface area contributed by atoms with E-state index in [0.29, 0.717) is 11.3 Å². The van der Waals surface area contributed by atoms with Crippen LogP contribution in [-0.2, 0) is 23.1 Å². The molecule has 13 nitrogen and oxygen atoms in total. The minimum Gasteiger partial charge on any atom is -0.352 e. The summed E-state index contributed by atoms with van der Waals surface area (Å²) in [5, 5.41) is 6.49. The van der Waals surface area contributed by atoms with Crippen LogP contribution < -0.4 is 16.3 Å². The number of hydrogen-bond acceptors (Lipinski definition) is 9. The molecule has 1 aliphatic rings. The molecule has 4 unspecified atom stereocenters. The average molecular weight is 533 g/mol. The van der Waals surface area contributed by atoms with E-state index in [1.54, 1.807) is 20.8 Å². The quantitative estimate of drug-likeness (QED) is 0.142. The molecule has 0 bridgehead atoms. The van der Waals surface area contributed by atoms with Gasteiger partial charge in [0.25, 0.3) is 5.56 Å². The molecule has 15 heteroatoms. The van der Waals surface area contributed by atoms with E-state index in [-0.39, 0.29) is 30.8 Å². The number of aromatic nitrogens is 2. The third-order valence-electron chi connectivity index (χ3n) is 4.88. The van der Waals surface area contributed by atoms with Crippen LogP contribution in [0.2, 0.25) is 0 Å². The third kappa shape index (κ3) is 8.60. The topological polar surface area (TPSA) is 177 Å². The van der Waals surface area contributed by atoms with Gasteiger partial charge in [-0.25, -0.2) is 14.4 Å². The third-order valence-corrected chi connectivity index (χ3v) is 7.96. The zero-order valence-corrected chi connectivity index (χ0v) is 22.4. The van der Waals surface area contributed by atoms with E-state index < -0.39 is 42.8 Å². The van der Waals surface area contributed by atoms with Gasteiger partial charge in [-0.05, 0) is 26.3 Å². The Labute approximate surface area is 207 Å². The predicted molar refractivity (Wildman–Crippen MR) is 132 cm³/mol. The molecule has 4 atom stereocenters. The maximum absolute atomic E-state index is 13.3. The van der Waals surface area contributed by atoms with Crippen molar-refractivity contribution in [2.45, 2.75) is 72.4 Å². The first kappa shape index (κ1) is 29.3. The van der Waals surface area contributed by atoms with Crippen molar-refractivity contribution in [3.8, 4) is 0 Å². The number of aromatic amines is 1. The second kappa shape index (κ2) is 12.4. The van der Waals surface area contributed by atoms with E-state index in [4.69, 9.17) is 19.3 Å². The summed E-state index contributed by atoms with van der Waals surface area (Å²) in [5.74, 6) is 0.293. The van der Waals surface area contributed by atoms with Gasteiger partial charge in [0.05, 0.1) is 25.4 Å². The Morgan fingerprint density at radius 2 is 2.11 bits per heavy atom. The van der Waals surface area contributed by atoms with Crippen LogP contribution in [0.25, 0.3) is 10.4 Å². The van der Waals surface area contributed by atoms with Crippen LogP contribution in [-0.4, -0.2) is 51.8 Å². The van der Waals surface area contributed by atoms with E-state index in [1.807, 2.05) is 20.8 Å². The fraction of sp³-hybridized carbons (Fsp3) is 0.750. The Morgan fingerprint density at radius 1 is 1.43 bits per heavy atom. The number of thioether (sulfide) groups is 1. The average Bonchev–Trinajstić information content (AvgIpc) is 3.14. The molecular formula is C20H33N6O7PS. The first-order valence-electron chi connectivity index (χ1n) is 11.1. The van der Waals surface area contributed by atoms with Crippen molar-refractivity contribution in [2.75, 3.05) is 19.0 Å². The molecule has 1 aromatic heterocycles. The van der Waals surface area contributed by atoms with Gasteiger partial charge in [0, 0.05) is 40.3 Å². The molecular weight excluding hydrogens is 499 g/mol. The molecule has 2 N–H and O–H groups in total. The summed E-state index contributed by atoms with van der Waals surface area (Å²) in [5.41, 5.74) is 7.60. The lowest BCUT2D eigenvalue weighted by molar-refractivity contribution is -0.117. The lowest BCUT2D eigenvalue weighted by atomic mass is 10.00. The number of nitrogens with zero attached hydrogens (tertiary/aromatic N) is 4. The molecule has 1 aromatic rings. The summed E-state index contributed by atoms with van der Waals surface area (Å²) in [6.07, 6.45) is -0.122. The van der Waals surface area contributed by atoms with E-state index in [2.05, 4.69) is 20.1 Å². The molecule has 0 aromatic carbocycles. The van der Waals surface area contributed by atoms with Crippen molar-refractivity contribution < 1.29 is 23.1 Å². The molecule has 0 saturated carbocycles. The Morgan fingerprint density at radius 3 is 2.71 bits per heavy atom. The molecule has 196 valence electrons. The highest BCUT2D eigenvalue weighted by Crippen LogP contribution is 2.45. The summed E-state index contributed by atoms with van der Waals surface area (Å²) in [4.78, 5) is 41.0. The van der Waals surface area contributed by atoms with E-state index >= 15 is 0 Å². The van der Waals surface area contributed by atoms with E-state index in [1.165, 1.54) is 10.8 Å². The molecule has 35 heavy (non-hydrogen) atoms. The lowest BCUT2D eigenvalue weighted by Gasteiger charge is -2.24. The second-order valence-electron chi connectivity index (χ2n) is 9.41. The van der Waals surface area contributed by atoms with Crippen molar-refractivity contribution in [2.24, 2.45) is 10.5 Å². The summed E-state index contributed by atoms with van der Waals surface area (Å²) in [6.45, 7) is 10.3. The highest BCUT2D eigenvalue weighted by Gasteiger charge is 2.38. The fourth-order valence-electron chi connectivity index (χ4n) is 3.13. The number of ether oxygens (including phenoxy) is 1. The standard InChI is InChI=1S/C20H33N6O7PS/c1-12(2)24-34(30,31-7-8-35-18(28)20(4,5)6)32-11-15-14(23-25-21)9-16(33-15)26-10-13(3)17(27)22-19(26)29/h10,12,14-16H,7-9,11H2,1-6H3,(H,24,30)(H,22,27,29). The largest absolute Gasteiger partial charge is 0.405 e. The molecule has 0 spiro atoms. The van der Waals surface area contributed by atoms with Gasteiger partial charge in [-0.2, -0.15) is 0 Å². The number of H-pyrrole nitrogens is 1. The number of nitrogens with one attached hydrogen (secondary N) is 2. The Kier molecular flexibility index (Phi) is 10.3. The van der Waals surface area contributed by atoms with Crippen LogP contribution in [0.5, 0.6) is 0 Å². The molecule has 1 aliphatic heterocycles. The molecule has 0 radical (unpaired) electrons. The number of aryl methyl sites for hydroxylation is 1. The SMILES string of the molecule is Cc1cn(C2CC(N=[N+]=[N-])C(COP(=O)(NC(C)C)OCCSC(=O)C(C)(C)C)O2)c(=O)[nH]c1=O. The zero-order valence-electron chi connectivity index (χ0n) is 20.7. The van der Waals surface area contributed by atoms with Crippen LogP contribution in [0.1, 0.15) is 52.8 Å². The second-order valence-corrected chi connectivity index (χ2v) is 12.2. The number of carbonyl (C=O) groups excluding carboxylic acids is 1. The molecule has 1 saturated heterocycles. The molecule has 1 fully saturated rings. The molecule has 2 rings (SSSR count). The number of carbonyl (C=O) groups is 1. The zero-order chi connectivity index (χ0) is 26.4. The highest BCUT2D eigenvalue weighted by atomic mass is 32.2. The molecule has 0 aliphatic carbocycles. The summed E-state index contributed by atoms with van der Waals surface area (Å²) in [6, 6.07) is -0.950. The maximum atomic E-state index is 13.3. The van der Waals surface area contributed by atoms with Gasteiger partial charge in [0.1, 0.15) is 6.23 Å². The normalized spacial score (nSPS) is 22.1. The van der Waals surface area contributed by atoms with Gasteiger partial charge in [-0.15, -0.1) is 0 Å². The number of azide groups is 1. The summed E-state index contributed by atoms with van der Waals surface area (Å²) >= 11 is 1.09. The monoisotopic (exact) mass is 532 g/mol. The highest BCUT2D eigenvalue weighted by molar-refractivity contribution is 8.13. The van der Waals surface area contributed by atoms with Gasteiger partial charge < -0.3 is 4.74 Å². The van der Waals surface area contributed by atoms with Crippen molar-refractivity contribution >= 4 is 24.6 Å². The Hall–Kier alpha value is -1.92. The summed E-state index contributed by atoms with van der Waals surface area (Å²) < 4.78 is 31.5. The van der Waals surface area contributed by atoms with Gasteiger partial charge >= 0.3 is 13.4 Å². The van der Waals surface area contributed by atoms with Gasteiger partial charge in [0.15, 0.2) is 5.12 Å². The predicted octanol–water partition coefficient (Wildman–Crippen LogP) is 3.26. The lowest BCUT2D eigenvalue weighted by Crippen LogP contribution is -2.33. The van der Waals surface area contributed by atoms with Crippen LogP contribution in [0.4, 0.5) is 0 Å². The van der Waals surface area contributed by atoms with Crippen LogP contribution in [0.3, 0.4) is 0 Å². The van der Waals surface area contributed by atoms with Crippen molar-refractivity contribution in [3.63, 3.8) is 0 Å². The molecule has 0 amide bonds. The van der Waals surface area contributed by atoms with Crippen LogP contribution in [0.15, 0.2) is 20.9 Å². The van der Waals surface area contributed by atoms with Gasteiger partial charge in [0.2, 0.25) is 0 Å². The van der Waals surface area contributed by atoms with Crippen LogP contribution >= 0.6 is 19.5 Å². The molecule has 2 heterocycles. The van der Waals surface area contributed by atoms with Gasteiger partial charge in [-0.3, -0.25) is 28.2 Å². The van der Waals surface area contributed by atoms with Gasteiger partial charge in [-0.1, -0.05) is 37.6 Å².